The lowest BCUT2D eigenvalue weighted by molar-refractivity contribution is 0.000227. The maximum Gasteiger partial charge on any atom is 0.0689 e. The predicted octanol–water partition coefficient (Wildman–Crippen LogP) is 2.82. The van der Waals surface area contributed by atoms with Gasteiger partial charge in [0.15, 0.2) is 0 Å². The Bertz CT molecular complexity index is 397. The van der Waals surface area contributed by atoms with Gasteiger partial charge in [0.25, 0.3) is 0 Å². The second kappa shape index (κ2) is 4.97. The van der Waals surface area contributed by atoms with E-state index in [1.54, 1.807) is 0 Å². The van der Waals surface area contributed by atoms with Crippen LogP contribution in [0, 0.1) is 6.92 Å². The molecule has 0 aromatic heterocycles. The highest BCUT2D eigenvalue weighted by Crippen LogP contribution is 2.32. The van der Waals surface area contributed by atoms with Crippen molar-refractivity contribution >= 4 is 11.6 Å². The van der Waals surface area contributed by atoms with E-state index in [0.717, 1.165) is 41.8 Å². The second-order valence-electron chi connectivity index (χ2n) is 5.33. The smallest absolute Gasteiger partial charge is 0.0689 e. The average molecular weight is 254 g/mol. The molecule has 0 amide bonds. The SMILES string of the molecule is Cc1ccc(CC2(O)CCC(N)CC2)c(Cl)c1. The monoisotopic (exact) mass is 253 g/mol. The van der Waals surface area contributed by atoms with E-state index in [2.05, 4.69) is 0 Å². The molecule has 1 fully saturated rings. The van der Waals surface area contributed by atoms with E-state index < -0.39 is 5.60 Å². The Balaban J connectivity index is 2.09. The van der Waals surface area contributed by atoms with E-state index in [1.165, 1.54) is 0 Å². The molecule has 1 aromatic rings. The van der Waals surface area contributed by atoms with Gasteiger partial charge in [-0.2, -0.15) is 0 Å². The first-order valence-electron chi connectivity index (χ1n) is 6.21. The van der Waals surface area contributed by atoms with Crippen LogP contribution >= 0.6 is 11.6 Å². The molecule has 0 radical (unpaired) electrons. The maximum absolute atomic E-state index is 10.5. The summed E-state index contributed by atoms with van der Waals surface area (Å²) in [6.07, 6.45) is 4.00. The van der Waals surface area contributed by atoms with E-state index in [1.807, 2.05) is 25.1 Å². The molecule has 0 atom stereocenters. The summed E-state index contributed by atoms with van der Waals surface area (Å²) in [6.45, 7) is 2.02. The molecule has 3 heteroatoms. The van der Waals surface area contributed by atoms with Crippen LogP contribution in [0.25, 0.3) is 0 Å². The molecular weight excluding hydrogens is 234 g/mol. The van der Waals surface area contributed by atoms with Gasteiger partial charge in [-0.05, 0) is 49.8 Å². The van der Waals surface area contributed by atoms with E-state index in [0.29, 0.717) is 6.42 Å². The second-order valence-corrected chi connectivity index (χ2v) is 5.74. The molecule has 0 unspecified atom stereocenters. The average Bonchev–Trinajstić information content (AvgIpc) is 2.27. The summed E-state index contributed by atoms with van der Waals surface area (Å²) < 4.78 is 0. The molecule has 17 heavy (non-hydrogen) atoms. The van der Waals surface area contributed by atoms with Crippen molar-refractivity contribution in [1.29, 1.82) is 0 Å². The normalized spacial score (nSPS) is 29.3. The van der Waals surface area contributed by atoms with Crippen LogP contribution in [0.3, 0.4) is 0 Å². The summed E-state index contributed by atoms with van der Waals surface area (Å²) in [5.41, 5.74) is 7.43. The standard InChI is InChI=1S/C14H20ClNO/c1-10-2-3-11(13(15)8-10)9-14(17)6-4-12(16)5-7-14/h2-3,8,12,17H,4-7,9,16H2,1H3. The fourth-order valence-corrected chi connectivity index (χ4v) is 2.81. The van der Waals surface area contributed by atoms with Gasteiger partial charge in [0.2, 0.25) is 0 Å². The van der Waals surface area contributed by atoms with E-state index in [-0.39, 0.29) is 6.04 Å². The Morgan fingerprint density at radius 1 is 1.41 bits per heavy atom. The third-order valence-electron chi connectivity index (χ3n) is 3.69. The third-order valence-corrected chi connectivity index (χ3v) is 4.04. The summed E-state index contributed by atoms with van der Waals surface area (Å²) in [5, 5.41) is 11.3. The highest BCUT2D eigenvalue weighted by atomic mass is 35.5. The molecule has 0 heterocycles. The topological polar surface area (TPSA) is 46.2 Å². The zero-order valence-corrected chi connectivity index (χ0v) is 11.0. The van der Waals surface area contributed by atoms with Gasteiger partial charge < -0.3 is 10.8 Å². The molecule has 3 N–H and O–H groups in total. The van der Waals surface area contributed by atoms with Crippen LogP contribution in [-0.2, 0) is 6.42 Å². The van der Waals surface area contributed by atoms with Crippen LogP contribution in [0.2, 0.25) is 5.02 Å². The van der Waals surface area contributed by atoms with Gasteiger partial charge in [-0.15, -0.1) is 0 Å². The Kier molecular flexibility index (Phi) is 3.76. The molecule has 1 aliphatic rings. The quantitative estimate of drug-likeness (QED) is 0.852. The summed E-state index contributed by atoms with van der Waals surface area (Å²) in [6, 6.07) is 6.27. The van der Waals surface area contributed by atoms with Gasteiger partial charge in [-0.25, -0.2) is 0 Å². The number of nitrogens with two attached hydrogens (primary N) is 1. The van der Waals surface area contributed by atoms with Crippen LogP contribution in [0.4, 0.5) is 0 Å². The van der Waals surface area contributed by atoms with Crippen LogP contribution in [-0.4, -0.2) is 16.7 Å². The molecule has 1 aliphatic carbocycles. The van der Waals surface area contributed by atoms with Crippen LogP contribution in [0.15, 0.2) is 18.2 Å². The Morgan fingerprint density at radius 2 is 2.06 bits per heavy atom. The van der Waals surface area contributed by atoms with E-state index in [9.17, 15) is 5.11 Å². The Labute approximate surface area is 108 Å². The first-order chi connectivity index (χ1) is 7.98. The van der Waals surface area contributed by atoms with Gasteiger partial charge in [0.1, 0.15) is 0 Å². The van der Waals surface area contributed by atoms with Crippen LogP contribution in [0.5, 0.6) is 0 Å². The van der Waals surface area contributed by atoms with Crippen molar-refractivity contribution in [2.24, 2.45) is 5.73 Å². The predicted molar refractivity (Wildman–Crippen MR) is 71.3 cm³/mol. The number of halogens is 1. The first kappa shape index (κ1) is 12.9. The first-order valence-corrected chi connectivity index (χ1v) is 6.59. The highest BCUT2D eigenvalue weighted by Gasteiger charge is 2.32. The Morgan fingerprint density at radius 3 is 2.65 bits per heavy atom. The minimum Gasteiger partial charge on any atom is -0.390 e. The van der Waals surface area contributed by atoms with Gasteiger partial charge in [0.05, 0.1) is 5.60 Å². The number of aryl methyl sites for hydroxylation is 1. The zero-order chi connectivity index (χ0) is 12.5. The zero-order valence-electron chi connectivity index (χ0n) is 10.2. The van der Waals surface area contributed by atoms with Crippen LogP contribution in [0.1, 0.15) is 36.8 Å². The highest BCUT2D eigenvalue weighted by molar-refractivity contribution is 6.31. The number of aliphatic hydroxyl groups is 1. The number of hydrogen-bond acceptors (Lipinski definition) is 2. The summed E-state index contributed by atoms with van der Waals surface area (Å²) in [4.78, 5) is 0. The number of rotatable bonds is 2. The van der Waals surface area contributed by atoms with E-state index >= 15 is 0 Å². The fraction of sp³-hybridized carbons (Fsp3) is 0.571. The molecule has 0 bridgehead atoms. The summed E-state index contributed by atoms with van der Waals surface area (Å²) in [7, 11) is 0. The Hall–Kier alpha value is -0.570. The van der Waals surface area contributed by atoms with Gasteiger partial charge in [-0.1, -0.05) is 23.7 Å². The van der Waals surface area contributed by atoms with Crippen molar-refractivity contribution in [3.63, 3.8) is 0 Å². The fourth-order valence-electron chi connectivity index (χ4n) is 2.50. The van der Waals surface area contributed by atoms with Crippen molar-refractivity contribution in [2.45, 2.75) is 50.7 Å². The lowest BCUT2D eigenvalue weighted by Gasteiger charge is -2.35. The molecular formula is C14H20ClNO. The minimum atomic E-state index is -0.616. The molecule has 1 aromatic carbocycles. The molecule has 2 rings (SSSR count). The van der Waals surface area contributed by atoms with Crippen LogP contribution < -0.4 is 5.73 Å². The largest absolute Gasteiger partial charge is 0.390 e. The summed E-state index contributed by atoms with van der Waals surface area (Å²) >= 11 is 6.20. The summed E-state index contributed by atoms with van der Waals surface area (Å²) in [5.74, 6) is 0. The molecule has 2 nitrogen and oxygen atoms in total. The van der Waals surface area contributed by atoms with Gasteiger partial charge in [-0.3, -0.25) is 0 Å². The van der Waals surface area contributed by atoms with Gasteiger partial charge in [0, 0.05) is 17.5 Å². The minimum absolute atomic E-state index is 0.253. The molecule has 0 saturated heterocycles. The van der Waals surface area contributed by atoms with Crippen molar-refractivity contribution in [3.05, 3.63) is 34.3 Å². The molecule has 1 saturated carbocycles. The molecule has 0 aliphatic heterocycles. The molecule has 0 spiro atoms. The number of hydrogen-bond donors (Lipinski definition) is 2. The van der Waals surface area contributed by atoms with Crippen molar-refractivity contribution in [3.8, 4) is 0 Å². The number of benzene rings is 1. The van der Waals surface area contributed by atoms with Crippen molar-refractivity contribution < 1.29 is 5.11 Å². The lowest BCUT2D eigenvalue weighted by atomic mass is 9.79. The van der Waals surface area contributed by atoms with Crippen molar-refractivity contribution in [1.82, 2.24) is 0 Å². The van der Waals surface area contributed by atoms with E-state index in [4.69, 9.17) is 17.3 Å². The molecule has 94 valence electrons. The maximum atomic E-state index is 10.5. The lowest BCUT2D eigenvalue weighted by Crippen LogP contribution is -2.40. The third kappa shape index (κ3) is 3.21. The van der Waals surface area contributed by atoms with Gasteiger partial charge >= 0.3 is 0 Å². The van der Waals surface area contributed by atoms with Crippen molar-refractivity contribution in [2.75, 3.05) is 0 Å².